The molecule has 3 aromatic carbocycles. The van der Waals surface area contributed by atoms with Gasteiger partial charge in [-0.05, 0) is 48.5 Å². The molecule has 34 heavy (non-hydrogen) atoms. The van der Waals surface area contributed by atoms with Crippen molar-refractivity contribution >= 4 is 62.6 Å². The van der Waals surface area contributed by atoms with E-state index in [4.69, 9.17) is 18.9 Å². The number of methoxy groups -OCH3 is 3. The molecule has 0 bridgehead atoms. The summed E-state index contributed by atoms with van der Waals surface area (Å²) in [7, 11) is 4.81. The van der Waals surface area contributed by atoms with E-state index in [0.717, 1.165) is 20.7 Å². The number of nitrogens with one attached hydrogen (secondary N) is 1. The molecule has 9 heteroatoms. The zero-order chi connectivity index (χ0) is 23.4. The zero-order valence-corrected chi connectivity index (χ0v) is 19.2. The maximum absolute atomic E-state index is 11.3. The van der Waals surface area contributed by atoms with Gasteiger partial charge >= 0.3 is 35.5 Å². The maximum atomic E-state index is 11.3. The Morgan fingerprint density at radius 2 is 1.59 bits per heavy atom. The number of carboxylic acid groups (broad SMARTS) is 1. The molecule has 0 saturated heterocycles. The van der Waals surface area contributed by atoms with Gasteiger partial charge in [-0.25, -0.2) is 4.79 Å². The topological polar surface area (TPSA) is 86.3 Å². The van der Waals surface area contributed by atoms with Crippen molar-refractivity contribution in [1.29, 1.82) is 0 Å². The fraction of sp³-hybridized carbons (Fsp3) is 0.160. The third-order valence-electron chi connectivity index (χ3n) is 5.06. The van der Waals surface area contributed by atoms with Crippen LogP contribution >= 0.6 is 11.3 Å². The predicted molar refractivity (Wildman–Crippen MR) is 136 cm³/mol. The zero-order valence-electron chi connectivity index (χ0n) is 18.4. The SMILES string of the molecule is COc1ccc(Oc2c(CNc3cccc(C(=O)O)c3)sc3cc(OC)c(OC)cc23)cc1.[NaH]. The number of thiophene rings is 1. The molecule has 1 aromatic heterocycles. The molecule has 0 fully saturated rings. The van der Waals surface area contributed by atoms with Crippen LogP contribution in [0.2, 0.25) is 0 Å². The summed E-state index contributed by atoms with van der Waals surface area (Å²) in [6, 6.07) is 17.9. The van der Waals surface area contributed by atoms with E-state index in [9.17, 15) is 9.90 Å². The number of hydrogen-bond acceptors (Lipinski definition) is 7. The summed E-state index contributed by atoms with van der Waals surface area (Å²) in [6.45, 7) is 0.443. The molecular weight excluding hydrogens is 465 g/mol. The summed E-state index contributed by atoms with van der Waals surface area (Å²) in [5, 5.41) is 13.5. The van der Waals surface area contributed by atoms with Crippen molar-refractivity contribution in [1.82, 2.24) is 0 Å². The van der Waals surface area contributed by atoms with E-state index in [0.29, 0.717) is 35.2 Å². The summed E-state index contributed by atoms with van der Waals surface area (Å²) < 4.78 is 23.5. The number of carboxylic acids is 1. The monoisotopic (exact) mass is 489 g/mol. The molecule has 0 saturated carbocycles. The van der Waals surface area contributed by atoms with E-state index in [1.54, 1.807) is 50.9 Å². The van der Waals surface area contributed by atoms with E-state index in [2.05, 4.69) is 5.32 Å². The van der Waals surface area contributed by atoms with Gasteiger partial charge in [0.05, 0.1) is 38.3 Å². The Kier molecular flexibility index (Phi) is 8.68. The van der Waals surface area contributed by atoms with Crippen LogP contribution in [0, 0.1) is 0 Å². The van der Waals surface area contributed by atoms with Gasteiger partial charge in [0.25, 0.3) is 0 Å². The van der Waals surface area contributed by atoms with E-state index in [1.807, 2.05) is 42.5 Å². The van der Waals surface area contributed by atoms with Crippen molar-refractivity contribution in [3.8, 4) is 28.7 Å². The first-order chi connectivity index (χ1) is 16.0. The Morgan fingerprint density at radius 1 is 0.912 bits per heavy atom. The number of rotatable bonds is 9. The minimum atomic E-state index is -0.969. The van der Waals surface area contributed by atoms with Crippen molar-refractivity contribution in [3.05, 3.63) is 71.1 Å². The second-order valence-corrected chi connectivity index (χ2v) is 8.21. The molecule has 7 nitrogen and oxygen atoms in total. The van der Waals surface area contributed by atoms with Gasteiger partial charge in [-0.3, -0.25) is 0 Å². The summed E-state index contributed by atoms with van der Waals surface area (Å²) in [6.07, 6.45) is 0. The third kappa shape index (κ3) is 5.59. The van der Waals surface area contributed by atoms with Crippen LogP contribution in [-0.2, 0) is 6.54 Å². The molecule has 0 atom stereocenters. The normalized spacial score (nSPS) is 10.3. The van der Waals surface area contributed by atoms with Crippen LogP contribution in [0.25, 0.3) is 10.1 Å². The number of ether oxygens (including phenoxy) is 4. The molecule has 4 rings (SSSR count). The molecular formula is C25H24NNaO6S. The van der Waals surface area contributed by atoms with E-state index < -0.39 is 5.97 Å². The van der Waals surface area contributed by atoms with Gasteiger partial charge in [0.2, 0.25) is 0 Å². The van der Waals surface area contributed by atoms with Crippen LogP contribution < -0.4 is 24.3 Å². The van der Waals surface area contributed by atoms with Crippen LogP contribution in [0.5, 0.6) is 28.7 Å². The molecule has 0 radical (unpaired) electrons. The summed E-state index contributed by atoms with van der Waals surface area (Å²) in [4.78, 5) is 12.2. The van der Waals surface area contributed by atoms with E-state index in [1.165, 1.54) is 0 Å². The first-order valence-corrected chi connectivity index (χ1v) is 10.9. The number of benzene rings is 3. The summed E-state index contributed by atoms with van der Waals surface area (Å²) in [5.41, 5.74) is 0.929. The molecule has 0 aliphatic rings. The van der Waals surface area contributed by atoms with Crippen molar-refractivity contribution in [2.24, 2.45) is 0 Å². The second kappa shape index (κ2) is 11.5. The van der Waals surface area contributed by atoms with Crippen LogP contribution in [0.4, 0.5) is 5.69 Å². The standard InChI is InChI=1S/C25H23NO6S.Na.H/c1-29-17-7-9-18(10-8-17)32-24-19-12-20(30-2)21(31-3)13-22(19)33-23(24)14-26-16-6-4-5-15(11-16)25(27)28;;/h4-13,26H,14H2,1-3H3,(H,27,28);;. The average Bonchev–Trinajstić information content (AvgIpc) is 3.18. The van der Waals surface area contributed by atoms with Gasteiger partial charge in [-0.15, -0.1) is 11.3 Å². The Morgan fingerprint density at radius 3 is 2.24 bits per heavy atom. The van der Waals surface area contributed by atoms with Crippen molar-refractivity contribution in [2.75, 3.05) is 26.6 Å². The average molecular weight is 490 g/mol. The summed E-state index contributed by atoms with van der Waals surface area (Å²) in [5.74, 6) is 2.38. The number of anilines is 1. The van der Waals surface area contributed by atoms with Crippen LogP contribution in [0.15, 0.2) is 60.7 Å². The molecule has 1 heterocycles. The predicted octanol–water partition coefficient (Wildman–Crippen LogP) is 5.38. The van der Waals surface area contributed by atoms with Crippen molar-refractivity contribution < 1.29 is 28.8 Å². The van der Waals surface area contributed by atoms with Crippen LogP contribution in [0.3, 0.4) is 0 Å². The van der Waals surface area contributed by atoms with Gasteiger partial charge < -0.3 is 29.4 Å². The van der Waals surface area contributed by atoms with Gasteiger partial charge in [-0.1, -0.05) is 6.07 Å². The first kappa shape index (κ1) is 25.7. The molecule has 0 amide bonds. The second-order valence-electron chi connectivity index (χ2n) is 7.07. The Hall–Kier alpha value is -2.91. The van der Waals surface area contributed by atoms with Crippen molar-refractivity contribution in [2.45, 2.75) is 6.54 Å². The van der Waals surface area contributed by atoms with Gasteiger partial charge in [-0.2, -0.15) is 0 Å². The van der Waals surface area contributed by atoms with Crippen LogP contribution in [0.1, 0.15) is 15.2 Å². The van der Waals surface area contributed by atoms with Crippen molar-refractivity contribution in [3.63, 3.8) is 0 Å². The first-order valence-electron chi connectivity index (χ1n) is 10.1. The molecule has 0 unspecified atom stereocenters. The Balaban J connectivity index is 0.00000324. The number of hydrogen-bond donors (Lipinski definition) is 2. The number of aromatic carboxylic acids is 1. The molecule has 0 spiro atoms. The van der Waals surface area contributed by atoms with E-state index in [-0.39, 0.29) is 35.1 Å². The number of carbonyl (C=O) groups is 1. The molecule has 172 valence electrons. The summed E-state index contributed by atoms with van der Waals surface area (Å²) >= 11 is 1.57. The molecule has 2 N–H and O–H groups in total. The number of fused-ring (bicyclic) bond motifs is 1. The quantitative estimate of drug-likeness (QED) is 0.305. The molecule has 4 aromatic rings. The molecule has 0 aliphatic carbocycles. The van der Waals surface area contributed by atoms with Crippen LogP contribution in [-0.4, -0.2) is 62.0 Å². The van der Waals surface area contributed by atoms with Gasteiger partial charge in [0.15, 0.2) is 17.2 Å². The minimum absolute atomic E-state index is 0. The third-order valence-corrected chi connectivity index (χ3v) is 6.19. The molecule has 0 aliphatic heterocycles. The van der Waals surface area contributed by atoms with E-state index >= 15 is 0 Å². The Bertz CT molecular complexity index is 1290. The van der Waals surface area contributed by atoms with Gasteiger partial charge in [0.1, 0.15) is 11.5 Å². The fourth-order valence-electron chi connectivity index (χ4n) is 3.39. The Labute approximate surface area is 223 Å². The fourth-order valence-corrected chi connectivity index (χ4v) is 4.47. The van der Waals surface area contributed by atoms with Gasteiger partial charge in [0, 0.05) is 21.8 Å².